The van der Waals surface area contributed by atoms with E-state index in [1.165, 1.54) is 0 Å². The van der Waals surface area contributed by atoms with E-state index < -0.39 is 20.0 Å². The number of benzene rings is 2. The summed E-state index contributed by atoms with van der Waals surface area (Å²) < 4.78 is 56.4. The number of sulfonamides is 2. The van der Waals surface area contributed by atoms with Crippen LogP contribution in [0.15, 0.2) is 58.3 Å². The van der Waals surface area contributed by atoms with Crippen molar-refractivity contribution in [2.75, 3.05) is 0 Å². The molecule has 0 bridgehead atoms. The van der Waals surface area contributed by atoms with Crippen LogP contribution in [0.4, 0.5) is 0 Å². The van der Waals surface area contributed by atoms with Crippen LogP contribution in [0.3, 0.4) is 0 Å². The topological polar surface area (TPSA) is 74.8 Å². The fraction of sp³-hybridized carbons (Fsp3) is 0.538. The van der Waals surface area contributed by atoms with Crippen LogP contribution in [0.1, 0.15) is 66.2 Å². The number of hydrogen-bond acceptors (Lipinski definition) is 4. The molecule has 2 saturated heterocycles. The Morgan fingerprint density at radius 2 is 0.794 bits per heavy atom. The maximum absolute atomic E-state index is 13.3. The molecular weight excluding hydrogens is 468 g/mol. The molecule has 0 aromatic heterocycles. The Bertz CT molecular complexity index is 1090. The molecule has 0 amide bonds. The molecule has 0 aliphatic carbocycles. The summed E-state index contributed by atoms with van der Waals surface area (Å²) in [5, 5.41) is 0. The van der Waals surface area contributed by atoms with E-state index in [0.717, 1.165) is 49.7 Å². The Labute approximate surface area is 205 Å². The van der Waals surface area contributed by atoms with Gasteiger partial charge in [-0.25, -0.2) is 16.8 Å². The minimum absolute atomic E-state index is 0.00624. The van der Waals surface area contributed by atoms with Crippen molar-refractivity contribution in [1.82, 2.24) is 8.61 Å². The molecule has 2 fully saturated rings. The summed E-state index contributed by atoms with van der Waals surface area (Å²) in [6, 6.07) is 13.8. The highest BCUT2D eigenvalue weighted by Crippen LogP contribution is 2.32. The van der Waals surface area contributed by atoms with E-state index in [9.17, 15) is 16.8 Å². The van der Waals surface area contributed by atoms with E-state index in [4.69, 9.17) is 0 Å². The molecule has 0 spiro atoms. The second kappa shape index (κ2) is 9.72. The van der Waals surface area contributed by atoms with Gasteiger partial charge in [0, 0.05) is 24.2 Å². The van der Waals surface area contributed by atoms with Crippen LogP contribution in [0.25, 0.3) is 11.1 Å². The van der Waals surface area contributed by atoms with Crippen molar-refractivity contribution in [1.29, 1.82) is 0 Å². The van der Waals surface area contributed by atoms with Crippen LogP contribution in [-0.4, -0.2) is 49.6 Å². The summed E-state index contributed by atoms with van der Waals surface area (Å²) >= 11 is 0. The average Bonchev–Trinajstić information content (AvgIpc) is 2.79. The van der Waals surface area contributed by atoms with Gasteiger partial charge in [-0.3, -0.25) is 0 Å². The van der Waals surface area contributed by atoms with E-state index in [1.54, 1.807) is 57.1 Å². The Hall–Kier alpha value is -1.74. The van der Waals surface area contributed by atoms with Crippen LogP contribution >= 0.6 is 0 Å². The number of hydrogen-bond donors (Lipinski definition) is 0. The molecule has 186 valence electrons. The molecule has 2 aromatic rings. The summed E-state index contributed by atoms with van der Waals surface area (Å²) in [5.74, 6) is 0. The molecular formula is C26H36N2O4S2. The molecule has 2 aliphatic rings. The van der Waals surface area contributed by atoms with Gasteiger partial charge in [0.15, 0.2) is 0 Å². The van der Waals surface area contributed by atoms with Gasteiger partial charge in [0.25, 0.3) is 0 Å². The van der Waals surface area contributed by atoms with Crippen molar-refractivity contribution < 1.29 is 16.8 Å². The van der Waals surface area contributed by atoms with Crippen LogP contribution in [-0.2, 0) is 20.0 Å². The minimum atomic E-state index is -3.56. The molecule has 2 aliphatic heterocycles. The maximum Gasteiger partial charge on any atom is 0.243 e. The zero-order valence-electron chi connectivity index (χ0n) is 20.5. The molecule has 2 heterocycles. The minimum Gasteiger partial charge on any atom is -0.207 e. The largest absolute Gasteiger partial charge is 0.243 e. The van der Waals surface area contributed by atoms with Gasteiger partial charge in [0.2, 0.25) is 20.0 Å². The molecule has 6 nitrogen and oxygen atoms in total. The Morgan fingerprint density at radius 1 is 0.529 bits per heavy atom. The smallest absolute Gasteiger partial charge is 0.207 e. The number of piperidine rings is 2. The van der Waals surface area contributed by atoms with Crippen LogP contribution < -0.4 is 0 Å². The third-order valence-corrected chi connectivity index (χ3v) is 11.7. The lowest BCUT2D eigenvalue weighted by atomic mass is 10.0. The highest BCUT2D eigenvalue weighted by molar-refractivity contribution is 7.89. The Morgan fingerprint density at radius 3 is 1.06 bits per heavy atom. The molecule has 34 heavy (non-hydrogen) atoms. The number of rotatable bonds is 5. The van der Waals surface area contributed by atoms with Crippen LogP contribution in [0.5, 0.6) is 0 Å². The quantitative estimate of drug-likeness (QED) is 0.557. The van der Waals surface area contributed by atoms with Gasteiger partial charge in [-0.2, -0.15) is 8.61 Å². The molecule has 4 atom stereocenters. The third kappa shape index (κ3) is 4.70. The van der Waals surface area contributed by atoms with Crippen LogP contribution in [0, 0.1) is 0 Å². The summed E-state index contributed by atoms with van der Waals surface area (Å²) in [4.78, 5) is 0.591. The first kappa shape index (κ1) is 25.4. The highest BCUT2D eigenvalue weighted by atomic mass is 32.2. The first-order valence-electron chi connectivity index (χ1n) is 12.3. The molecule has 8 heteroatoms. The van der Waals surface area contributed by atoms with E-state index >= 15 is 0 Å². The first-order chi connectivity index (χ1) is 16.0. The van der Waals surface area contributed by atoms with Crippen LogP contribution in [0.2, 0.25) is 0 Å². The lowest BCUT2D eigenvalue weighted by Crippen LogP contribution is -2.47. The highest BCUT2D eigenvalue weighted by Gasteiger charge is 2.36. The monoisotopic (exact) mass is 504 g/mol. The SMILES string of the molecule is C[C@@H]1CCC[C@@H](C)N1S(=O)(=O)c1ccc(-c2ccc(S(=O)(=O)N3[C@H](C)CCC[C@H]3C)cc2)cc1. The van der Waals surface area contributed by atoms with Gasteiger partial charge in [-0.15, -0.1) is 0 Å². The lowest BCUT2D eigenvalue weighted by molar-refractivity contribution is 0.204. The standard InChI is InChI=1S/C26H36N2O4S2/c1-19-7-5-8-20(2)27(19)33(29,30)25-15-11-23(12-16-25)24-13-17-26(18-14-24)34(31,32)28-21(3)9-6-10-22(28)4/h11-22H,5-10H2,1-4H3/t19-,20-,21-,22-/m1/s1. The van der Waals surface area contributed by atoms with E-state index in [-0.39, 0.29) is 24.2 Å². The molecule has 0 saturated carbocycles. The fourth-order valence-corrected chi connectivity index (χ4v) is 9.39. The van der Waals surface area contributed by atoms with Gasteiger partial charge in [0.1, 0.15) is 0 Å². The van der Waals surface area contributed by atoms with Crippen molar-refractivity contribution in [2.24, 2.45) is 0 Å². The average molecular weight is 505 g/mol. The fourth-order valence-electron chi connectivity index (χ4n) is 5.62. The molecule has 0 radical (unpaired) electrons. The first-order valence-corrected chi connectivity index (χ1v) is 15.2. The van der Waals surface area contributed by atoms with Gasteiger partial charge >= 0.3 is 0 Å². The van der Waals surface area contributed by atoms with Crippen molar-refractivity contribution in [3.63, 3.8) is 0 Å². The Kier molecular flexibility index (Phi) is 7.25. The maximum atomic E-state index is 13.3. The second-order valence-corrected chi connectivity index (χ2v) is 13.7. The molecule has 0 unspecified atom stereocenters. The molecule has 2 aromatic carbocycles. The van der Waals surface area contributed by atoms with Crippen molar-refractivity contribution >= 4 is 20.0 Å². The predicted octanol–water partition coefficient (Wildman–Crippen LogP) is 5.26. The summed E-state index contributed by atoms with van der Waals surface area (Å²) in [5.41, 5.74) is 1.70. The molecule has 4 rings (SSSR count). The van der Waals surface area contributed by atoms with Crippen molar-refractivity contribution in [3.05, 3.63) is 48.5 Å². The van der Waals surface area contributed by atoms with Gasteiger partial charge in [-0.05, 0) is 88.8 Å². The zero-order chi connectivity index (χ0) is 24.7. The zero-order valence-corrected chi connectivity index (χ0v) is 22.1. The van der Waals surface area contributed by atoms with Gasteiger partial charge in [0.05, 0.1) is 9.79 Å². The summed E-state index contributed by atoms with van der Waals surface area (Å²) in [6.07, 6.45) is 5.62. The van der Waals surface area contributed by atoms with Gasteiger partial charge in [-0.1, -0.05) is 37.1 Å². The van der Waals surface area contributed by atoms with Crippen molar-refractivity contribution in [3.8, 4) is 11.1 Å². The lowest BCUT2D eigenvalue weighted by Gasteiger charge is -2.37. The Balaban J connectivity index is 1.56. The second-order valence-electron chi connectivity index (χ2n) is 9.98. The van der Waals surface area contributed by atoms with E-state index in [1.807, 2.05) is 27.7 Å². The predicted molar refractivity (Wildman–Crippen MR) is 135 cm³/mol. The summed E-state index contributed by atoms with van der Waals surface area (Å²) in [7, 11) is -7.12. The molecule has 0 N–H and O–H groups in total. The van der Waals surface area contributed by atoms with Gasteiger partial charge < -0.3 is 0 Å². The normalized spacial score (nSPS) is 27.5. The van der Waals surface area contributed by atoms with Crippen molar-refractivity contribution in [2.45, 2.75) is 100 Å². The van der Waals surface area contributed by atoms with E-state index in [2.05, 4.69) is 0 Å². The third-order valence-electron chi connectivity index (χ3n) is 7.42. The number of nitrogens with zero attached hydrogens (tertiary/aromatic N) is 2. The van der Waals surface area contributed by atoms with E-state index in [0.29, 0.717) is 9.79 Å². The summed E-state index contributed by atoms with van der Waals surface area (Å²) in [6.45, 7) is 7.90.